The Hall–Kier alpha value is -3.15. The fourth-order valence-corrected chi connectivity index (χ4v) is 3.28. The van der Waals surface area contributed by atoms with E-state index in [1.165, 1.54) is 7.11 Å². The number of rotatable bonds is 7. The highest BCUT2D eigenvalue weighted by atomic mass is 16.5. The Labute approximate surface area is 163 Å². The molecule has 2 aromatic rings. The topological polar surface area (TPSA) is 78.9 Å². The molecule has 1 fully saturated rings. The van der Waals surface area contributed by atoms with Crippen LogP contribution >= 0.6 is 0 Å². The van der Waals surface area contributed by atoms with Crippen molar-refractivity contribution >= 4 is 17.9 Å². The van der Waals surface area contributed by atoms with Crippen LogP contribution < -0.4 is 0 Å². The molecule has 1 aliphatic rings. The molecular formula is C22H22O6. The van der Waals surface area contributed by atoms with Gasteiger partial charge in [0.2, 0.25) is 0 Å². The summed E-state index contributed by atoms with van der Waals surface area (Å²) in [5.74, 6) is -3.91. The molecule has 1 aliphatic carbocycles. The van der Waals surface area contributed by atoms with E-state index in [0.29, 0.717) is 0 Å². The zero-order chi connectivity index (χ0) is 19.9. The Morgan fingerprint density at radius 3 is 1.71 bits per heavy atom. The lowest BCUT2D eigenvalue weighted by Gasteiger charge is -2.39. The molecule has 3 unspecified atom stereocenters. The number of methoxy groups -OCH3 is 1. The Bertz CT molecular complexity index is 817. The third-order valence-electron chi connectivity index (χ3n) is 4.90. The molecule has 28 heavy (non-hydrogen) atoms. The first-order chi connectivity index (χ1) is 13.6. The summed E-state index contributed by atoms with van der Waals surface area (Å²) < 4.78 is 15.4. The molecule has 0 bridgehead atoms. The third kappa shape index (κ3) is 4.57. The van der Waals surface area contributed by atoms with E-state index >= 15 is 0 Å². The van der Waals surface area contributed by atoms with Gasteiger partial charge in [0, 0.05) is 0 Å². The molecule has 3 rings (SSSR count). The van der Waals surface area contributed by atoms with E-state index in [1.807, 2.05) is 60.7 Å². The van der Waals surface area contributed by atoms with Gasteiger partial charge in [-0.25, -0.2) is 0 Å². The van der Waals surface area contributed by atoms with Crippen molar-refractivity contribution in [1.29, 1.82) is 0 Å². The predicted molar refractivity (Wildman–Crippen MR) is 99.6 cm³/mol. The average molecular weight is 382 g/mol. The molecule has 0 heterocycles. The lowest BCUT2D eigenvalue weighted by molar-refractivity contribution is -0.182. The molecule has 0 radical (unpaired) electrons. The maximum atomic E-state index is 12.6. The standard InChI is InChI=1S/C22H22O6/c1-26-20(23)17-12-18(21(24)27-13-15-8-4-2-5-9-15)19(17)22(25)28-14-16-10-6-3-7-11-16/h2-11,17-19H,12-14H2,1H3. The molecule has 6 nitrogen and oxygen atoms in total. The highest BCUT2D eigenvalue weighted by molar-refractivity contribution is 5.90. The zero-order valence-electron chi connectivity index (χ0n) is 15.6. The zero-order valence-corrected chi connectivity index (χ0v) is 15.6. The molecule has 6 heteroatoms. The van der Waals surface area contributed by atoms with E-state index in [-0.39, 0.29) is 19.6 Å². The van der Waals surface area contributed by atoms with Gasteiger partial charge in [-0.15, -0.1) is 0 Å². The molecule has 146 valence electrons. The van der Waals surface area contributed by atoms with Crippen molar-refractivity contribution in [2.24, 2.45) is 17.8 Å². The molecule has 0 spiro atoms. The van der Waals surface area contributed by atoms with Crippen molar-refractivity contribution in [2.75, 3.05) is 7.11 Å². The van der Waals surface area contributed by atoms with Gasteiger partial charge in [-0.05, 0) is 17.5 Å². The van der Waals surface area contributed by atoms with Gasteiger partial charge in [0.1, 0.15) is 13.2 Å². The summed E-state index contributed by atoms with van der Waals surface area (Å²) in [6, 6.07) is 18.5. The summed E-state index contributed by atoms with van der Waals surface area (Å²) in [6.45, 7) is 0.195. The van der Waals surface area contributed by atoms with E-state index in [1.54, 1.807) is 0 Å². The van der Waals surface area contributed by atoms with Crippen LogP contribution in [-0.2, 0) is 41.8 Å². The minimum atomic E-state index is -0.889. The van der Waals surface area contributed by atoms with Crippen LogP contribution in [0.3, 0.4) is 0 Å². The molecule has 1 saturated carbocycles. The summed E-state index contributed by atoms with van der Waals surface area (Å²) in [5.41, 5.74) is 1.68. The second-order valence-corrected chi connectivity index (χ2v) is 6.68. The van der Waals surface area contributed by atoms with E-state index in [9.17, 15) is 14.4 Å². The molecule has 0 N–H and O–H groups in total. The molecular weight excluding hydrogens is 360 g/mol. The van der Waals surface area contributed by atoms with Gasteiger partial charge in [0.05, 0.1) is 24.9 Å². The van der Waals surface area contributed by atoms with Gasteiger partial charge in [0.15, 0.2) is 0 Å². The van der Waals surface area contributed by atoms with Crippen LogP contribution in [0.15, 0.2) is 60.7 Å². The summed E-state index contributed by atoms with van der Waals surface area (Å²) in [7, 11) is 1.26. The van der Waals surface area contributed by atoms with Crippen LogP contribution in [0.25, 0.3) is 0 Å². The SMILES string of the molecule is COC(=O)C1CC(C(=O)OCc2ccccc2)C1C(=O)OCc1ccccc1. The number of carbonyl (C=O) groups is 3. The maximum absolute atomic E-state index is 12.6. The lowest BCUT2D eigenvalue weighted by Crippen LogP contribution is -2.50. The third-order valence-corrected chi connectivity index (χ3v) is 4.90. The molecule has 3 atom stereocenters. The summed E-state index contributed by atoms with van der Waals surface area (Å²) in [5, 5.41) is 0. The van der Waals surface area contributed by atoms with Crippen molar-refractivity contribution in [2.45, 2.75) is 19.6 Å². The van der Waals surface area contributed by atoms with Gasteiger partial charge in [0.25, 0.3) is 0 Å². The number of benzene rings is 2. The molecule has 0 aliphatic heterocycles. The van der Waals surface area contributed by atoms with Crippen molar-refractivity contribution < 1.29 is 28.6 Å². The fourth-order valence-electron chi connectivity index (χ4n) is 3.28. The molecule has 0 amide bonds. The Kier molecular flexibility index (Phi) is 6.42. The van der Waals surface area contributed by atoms with Crippen molar-refractivity contribution in [3.05, 3.63) is 71.8 Å². The highest BCUT2D eigenvalue weighted by Crippen LogP contribution is 2.43. The Balaban J connectivity index is 1.62. The van der Waals surface area contributed by atoms with Gasteiger partial charge in [-0.1, -0.05) is 60.7 Å². The average Bonchev–Trinajstić information content (AvgIpc) is 2.71. The van der Waals surface area contributed by atoms with E-state index in [0.717, 1.165) is 11.1 Å². The monoisotopic (exact) mass is 382 g/mol. The number of hydrogen-bond acceptors (Lipinski definition) is 6. The minimum absolute atomic E-state index is 0.0792. The number of hydrogen-bond donors (Lipinski definition) is 0. The second kappa shape index (κ2) is 9.17. The number of esters is 3. The first-order valence-corrected chi connectivity index (χ1v) is 9.09. The van der Waals surface area contributed by atoms with E-state index in [4.69, 9.17) is 14.2 Å². The Morgan fingerprint density at radius 1 is 0.750 bits per heavy atom. The van der Waals surface area contributed by atoms with Gasteiger partial charge in [-0.3, -0.25) is 14.4 Å². The first kappa shape index (κ1) is 19.6. The van der Waals surface area contributed by atoms with Crippen LogP contribution in [0, 0.1) is 17.8 Å². The van der Waals surface area contributed by atoms with Gasteiger partial charge < -0.3 is 14.2 Å². The smallest absolute Gasteiger partial charge is 0.311 e. The number of ether oxygens (including phenoxy) is 3. The summed E-state index contributed by atoms with van der Waals surface area (Å²) in [6.07, 6.45) is 0.214. The normalized spacial score (nSPS) is 20.5. The van der Waals surface area contributed by atoms with Crippen LogP contribution in [0.2, 0.25) is 0 Å². The maximum Gasteiger partial charge on any atom is 0.311 e. The fraction of sp³-hybridized carbons (Fsp3) is 0.318. The van der Waals surface area contributed by atoms with Crippen molar-refractivity contribution in [3.8, 4) is 0 Å². The van der Waals surface area contributed by atoms with Gasteiger partial charge in [-0.2, -0.15) is 0 Å². The minimum Gasteiger partial charge on any atom is -0.469 e. The summed E-state index contributed by atoms with van der Waals surface area (Å²) in [4.78, 5) is 37.0. The van der Waals surface area contributed by atoms with Crippen LogP contribution in [0.1, 0.15) is 17.5 Å². The predicted octanol–water partition coefficient (Wildman–Crippen LogP) is 2.90. The van der Waals surface area contributed by atoms with Crippen LogP contribution in [0.5, 0.6) is 0 Å². The van der Waals surface area contributed by atoms with Crippen LogP contribution in [-0.4, -0.2) is 25.0 Å². The summed E-state index contributed by atoms with van der Waals surface area (Å²) >= 11 is 0. The Morgan fingerprint density at radius 2 is 1.21 bits per heavy atom. The second-order valence-electron chi connectivity index (χ2n) is 6.68. The molecule has 0 saturated heterocycles. The van der Waals surface area contributed by atoms with Crippen molar-refractivity contribution in [1.82, 2.24) is 0 Å². The first-order valence-electron chi connectivity index (χ1n) is 9.09. The lowest BCUT2D eigenvalue weighted by atomic mass is 9.64. The molecule has 0 aromatic heterocycles. The van der Waals surface area contributed by atoms with Crippen molar-refractivity contribution in [3.63, 3.8) is 0 Å². The van der Waals surface area contributed by atoms with Gasteiger partial charge >= 0.3 is 17.9 Å². The number of carbonyl (C=O) groups excluding carboxylic acids is 3. The van der Waals surface area contributed by atoms with E-state index in [2.05, 4.69) is 0 Å². The molecule has 2 aromatic carbocycles. The van der Waals surface area contributed by atoms with E-state index < -0.39 is 35.7 Å². The van der Waals surface area contributed by atoms with Crippen LogP contribution in [0.4, 0.5) is 0 Å². The largest absolute Gasteiger partial charge is 0.469 e. The highest BCUT2D eigenvalue weighted by Gasteiger charge is 2.55. The quantitative estimate of drug-likeness (QED) is 0.541.